The number of benzene rings is 2. The molecule has 1 fully saturated rings. The number of carbonyl (C=O) groups is 3. The molecule has 1 aliphatic rings. The smallest absolute Gasteiger partial charge is 0.308 e. The molecule has 3 rings (SSSR count). The molecule has 2 aromatic carbocycles. The molecule has 6 heteroatoms. The Labute approximate surface area is 151 Å². The van der Waals surface area contributed by atoms with E-state index in [-0.39, 0.29) is 18.4 Å². The van der Waals surface area contributed by atoms with Gasteiger partial charge in [-0.05, 0) is 49.2 Å². The standard InChI is InChI=1S/C20H20N2O4/c23-18(21-17-6-2-1-3-7-17)14-8-10-15(11-9-14)19(24)22-12-4-5-16(13-22)20(25)26/h1-3,6-11,16H,4-5,12-13H2,(H,21,23)(H,25,26). The first-order valence-corrected chi connectivity index (χ1v) is 8.53. The summed E-state index contributed by atoms with van der Waals surface area (Å²) in [5, 5.41) is 11.9. The van der Waals surface area contributed by atoms with E-state index >= 15 is 0 Å². The molecule has 1 saturated heterocycles. The van der Waals surface area contributed by atoms with Gasteiger partial charge in [-0.15, -0.1) is 0 Å². The third-order valence-electron chi connectivity index (χ3n) is 4.48. The van der Waals surface area contributed by atoms with Crippen molar-refractivity contribution in [2.24, 2.45) is 5.92 Å². The first kappa shape index (κ1) is 17.7. The highest BCUT2D eigenvalue weighted by molar-refractivity contribution is 6.05. The van der Waals surface area contributed by atoms with Crippen molar-refractivity contribution in [2.75, 3.05) is 18.4 Å². The molecule has 0 spiro atoms. The number of likely N-dealkylation sites (tertiary alicyclic amines) is 1. The topological polar surface area (TPSA) is 86.7 Å². The van der Waals surface area contributed by atoms with Gasteiger partial charge in [0.2, 0.25) is 0 Å². The number of para-hydroxylation sites is 1. The van der Waals surface area contributed by atoms with Gasteiger partial charge in [0.05, 0.1) is 5.92 Å². The fraction of sp³-hybridized carbons (Fsp3) is 0.250. The van der Waals surface area contributed by atoms with Crippen LogP contribution in [0.2, 0.25) is 0 Å². The van der Waals surface area contributed by atoms with Crippen molar-refractivity contribution in [2.45, 2.75) is 12.8 Å². The van der Waals surface area contributed by atoms with E-state index in [0.29, 0.717) is 36.2 Å². The average Bonchev–Trinajstić information content (AvgIpc) is 2.68. The minimum Gasteiger partial charge on any atom is -0.481 e. The first-order chi connectivity index (χ1) is 12.5. The maximum Gasteiger partial charge on any atom is 0.308 e. The Morgan fingerprint density at radius 2 is 1.62 bits per heavy atom. The van der Waals surface area contributed by atoms with Gasteiger partial charge in [-0.1, -0.05) is 18.2 Å². The fourth-order valence-electron chi connectivity index (χ4n) is 3.03. The van der Waals surface area contributed by atoms with Crippen LogP contribution in [-0.2, 0) is 4.79 Å². The first-order valence-electron chi connectivity index (χ1n) is 8.53. The molecule has 0 aliphatic carbocycles. The number of nitrogens with one attached hydrogen (secondary N) is 1. The number of carboxylic acid groups (broad SMARTS) is 1. The molecule has 1 unspecified atom stereocenters. The third-order valence-corrected chi connectivity index (χ3v) is 4.48. The highest BCUT2D eigenvalue weighted by atomic mass is 16.4. The maximum atomic E-state index is 12.6. The number of hydrogen-bond donors (Lipinski definition) is 2. The molecule has 0 aromatic heterocycles. The van der Waals surface area contributed by atoms with Crippen LogP contribution < -0.4 is 5.32 Å². The summed E-state index contributed by atoms with van der Waals surface area (Å²) in [7, 11) is 0. The largest absolute Gasteiger partial charge is 0.481 e. The minimum atomic E-state index is -0.865. The second-order valence-electron chi connectivity index (χ2n) is 6.33. The molecular weight excluding hydrogens is 332 g/mol. The number of piperidine rings is 1. The van der Waals surface area contributed by atoms with E-state index in [1.807, 2.05) is 18.2 Å². The maximum absolute atomic E-state index is 12.6. The molecule has 0 bridgehead atoms. The van der Waals surface area contributed by atoms with Crippen LogP contribution in [0, 0.1) is 5.92 Å². The van der Waals surface area contributed by atoms with E-state index < -0.39 is 11.9 Å². The molecule has 2 amide bonds. The SMILES string of the molecule is O=C(Nc1ccccc1)c1ccc(C(=O)N2CCCC(C(=O)O)C2)cc1. The van der Waals surface area contributed by atoms with Crippen molar-refractivity contribution in [1.29, 1.82) is 0 Å². The van der Waals surface area contributed by atoms with E-state index in [1.165, 1.54) is 0 Å². The van der Waals surface area contributed by atoms with E-state index in [9.17, 15) is 14.4 Å². The number of hydrogen-bond acceptors (Lipinski definition) is 3. The lowest BCUT2D eigenvalue weighted by molar-refractivity contribution is -0.143. The Hall–Kier alpha value is -3.15. The lowest BCUT2D eigenvalue weighted by atomic mass is 9.97. The molecule has 0 radical (unpaired) electrons. The van der Waals surface area contributed by atoms with Crippen LogP contribution in [-0.4, -0.2) is 40.9 Å². The monoisotopic (exact) mass is 352 g/mol. The highest BCUT2D eigenvalue weighted by Gasteiger charge is 2.28. The number of aliphatic carboxylic acids is 1. The number of carboxylic acids is 1. The lowest BCUT2D eigenvalue weighted by Gasteiger charge is -2.30. The summed E-state index contributed by atoms with van der Waals surface area (Å²) in [5.74, 6) is -1.83. The van der Waals surface area contributed by atoms with E-state index in [0.717, 1.165) is 0 Å². The van der Waals surface area contributed by atoms with Gasteiger partial charge in [0.15, 0.2) is 0 Å². The Morgan fingerprint density at radius 1 is 0.962 bits per heavy atom. The zero-order chi connectivity index (χ0) is 18.5. The van der Waals surface area contributed by atoms with Gasteiger partial charge in [0.1, 0.15) is 0 Å². The van der Waals surface area contributed by atoms with Crippen molar-refractivity contribution in [3.63, 3.8) is 0 Å². The minimum absolute atomic E-state index is 0.203. The number of rotatable bonds is 4. The molecule has 134 valence electrons. The second kappa shape index (κ2) is 7.82. The third kappa shape index (κ3) is 4.08. The lowest BCUT2D eigenvalue weighted by Crippen LogP contribution is -2.42. The predicted molar refractivity (Wildman–Crippen MR) is 97.1 cm³/mol. The number of carbonyl (C=O) groups excluding carboxylic acids is 2. The molecule has 2 N–H and O–H groups in total. The zero-order valence-corrected chi connectivity index (χ0v) is 14.2. The Bertz CT molecular complexity index is 802. The number of nitrogens with zero attached hydrogens (tertiary/aromatic N) is 1. The summed E-state index contributed by atoms with van der Waals surface area (Å²) < 4.78 is 0. The van der Waals surface area contributed by atoms with Gasteiger partial charge in [-0.2, -0.15) is 0 Å². The van der Waals surface area contributed by atoms with Crippen LogP contribution in [0.1, 0.15) is 33.6 Å². The summed E-state index contributed by atoms with van der Waals surface area (Å²) in [6.07, 6.45) is 1.28. The molecule has 1 atom stereocenters. The summed E-state index contributed by atoms with van der Waals surface area (Å²) >= 11 is 0. The quantitative estimate of drug-likeness (QED) is 0.886. The normalized spacial score (nSPS) is 16.8. The predicted octanol–water partition coefficient (Wildman–Crippen LogP) is 2.88. The van der Waals surface area contributed by atoms with Gasteiger partial charge in [-0.25, -0.2) is 0 Å². The zero-order valence-electron chi connectivity index (χ0n) is 14.2. The molecule has 26 heavy (non-hydrogen) atoms. The Morgan fingerprint density at radius 3 is 2.27 bits per heavy atom. The van der Waals surface area contributed by atoms with Crippen molar-refractivity contribution in [1.82, 2.24) is 4.90 Å². The van der Waals surface area contributed by atoms with Crippen LogP contribution in [0.4, 0.5) is 5.69 Å². The fourth-order valence-corrected chi connectivity index (χ4v) is 3.03. The Balaban J connectivity index is 1.66. The van der Waals surface area contributed by atoms with Crippen molar-refractivity contribution < 1.29 is 19.5 Å². The van der Waals surface area contributed by atoms with Gasteiger partial charge in [-0.3, -0.25) is 14.4 Å². The molecule has 2 aromatic rings. The van der Waals surface area contributed by atoms with E-state index in [4.69, 9.17) is 5.11 Å². The van der Waals surface area contributed by atoms with Crippen LogP contribution in [0.25, 0.3) is 0 Å². The molecule has 1 aliphatic heterocycles. The second-order valence-corrected chi connectivity index (χ2v) is 6.33. The summed E-state index contributed by atoms with van der Waals surface area (Å²) in [6, 6.07) is 15.5. The average molecular weight is 352 g/mol. The van der Waals surface area contributed by atoms with Crippen LogP contribution in [0.15, 0.2) is 54.6 Å². The van der Waals surface area contributed by atoms with Gasteiger partial charge < -0.3 is 15.3 Å². The van der Waals surface area contributed by atoms with Crippen molar-refractivity contribution in [3.05, 3.63) is 65.7 Å². The molecule has 1 heterocycles. The Kier molecular flexibility index (Phi) is 5.31. The van der Waals surface area contributed by atoms with Crippen molar-refractivity contribution in [3.8, 4) is 0 Å². The number of anilines is 1. The van der Waals surface area contributed by atoms with Crippen LogP contribution in [0.3, 0.4) is 0 Å². The molecule has 0 saturated carbocycles. The van der Waals surface area contributed by atoms with Gasteiger partial charge in [0.25, 0.3) is 11.8 Å². The molecular formula is C20H20N2O4. The highest BCUT2D eigenvalue weighted by Crippen LogP contribution is 2.19. The van der Waals surface area contributed by atoms with Gasteiger partial charge >= 0.3 is 5.97 Å². The summed E-state index contributed by atoms with van der Waals surface area (Å²) in [5.41, 5.74) is 1.60. The van der Waals surface area contributed by atoms with Crippen molar-refractivity contribution >= 4 is 23.5 Å². The van der Waals surface area contributed by atoms with Crippen LogP contribution in [0.5, 0.6) is 0 Å². The molecule has 6 nitrogen and oxygen atoms in total. The summed E-state index contributed by atoms with van der Waals surface area (Å²) in [6.45, 7) is 0.781. The van der Waals surface area contributed by atoms with Gasteiger partial charge in [0, 0.05) is 29.9 Å². The van der Waals surface area contributed by atoms with Crippen LogP contribution >= 0.6 is 0 Å². The number of amides is 2. The summed E-state index contributed by atoms with van der Waals surface area (Å²) in [4.78, 5) is 37.5. The van der Waals surface area contributed by atoms with E-state index in [2.05, 4.69) is 5.32 Å². The van der Waals surface area contributed by atoms with E-state index in [1.54, 1.807) is 41.3 Å².